The van der Waals surface area contributed by atoms with Gasteiger partial charge in [0.15, 0.2) is 11.5 Å². The Morgan fingerprint density at radius 2 is 2.00 bits per heavy atom. The Labute approximate surface area is 143 Å². The number of pyridine rings is 1. The molecule has 1 aliphatic rings. The molecule has 3 heterocycles. The summed E-state index contributed by atoms with van der Waals surface area (Å²) in [6.45, 7) is 3.54. The highest BCUT2D eigenvalue weighted by molar-refractivity contribution is 7.09. The second kappa shape index (κ2) is 6.13. The molecule has 1 aliphatic heterocycles. The van der Waals surface area contributed by atoms with Crippen molar-refractivity contribution in [3.05, 3.63) is 62.8 Å². The van der Waals surface area contributed by atoms with E-state index < -0.39 is 0 Å². The maximum atomic E-state index is 12.0. The minimum Gasteiger partial charge on any atom is -0.486 e. The molecule has 3 aromatic rings. The third kappa shape index (κ3) is 2.92. The molecule has 1 aromatic carbocycles. The van der Waals surface area contributed by atoms with E-state index in [4.69, 9.17) is 9.47 Å². The van der Waals surface area contributed by atoms with Crippen molar-refractivity contribution in [3.63, 3.8) is 0 Å². The SMILES string of the molecule is Cc1ccn(Cc2nc(-c3ccc4c(c3)OCCO4)cs2)c(=O)c1. The molecule has 2 aromatic heterocycles. The first-order valence-corrected chi connectivity index (χ1v) is 8.58. The van der Waals surface area contributed by atoms with Crippen LogP contribution in [-0.4, -0.2) is 22.8 Å². The van der Waals surface area contributed by atoms with Gasteiger partial charge < -0.3 is 14.0 Å². The molecule has 24 heavy (non-hydrogen) atoms. The van der Waals surface area contributed by atoms with E-state index in [1.807, 2.05) is 42.8 Å². The van der Waals surface area contributed by atoms with Crippen LogP contribution in [0.3, 0.4) is 0 Å². The molecule has 4 rings (SSSR count). The van der Waals surface area contributed by atoms with E-state index in [1.54, 1.807) is 22.0 Å². The first-order valence-electron chi connectivity index (χ1n) is 7.70. The Bertz CT molecular complexity index is 945. The maximum Gasteiger partial charge on any atom is 0.251 e. The normalized spacial score (nSPS) is 13.0. The van der Waals surface area contributed by atoms with Gasteiger partial charge in [0.05, 0.1) is 12.2 Å². The highest BCUT2D eigenvalue weighted by Gasteiger charge is 2.14. The number of fused-ring (bicyclic) bond motifs is 1. The minimum atomic E-state index is -0.00826. The van der Waals surface area contributed by atoms with Gasteiger partial charge in [0, 0.05) is 23.2 Å². The first kappa shape index (κ1) is 15.0. The van der Waals surface area contributed by atoms with E-state index in [0.717, 1.165) is 33.3 Å². The fourth-order valence-electron chi connectivity index (χ4n) is 2.60. The third-order valence-corrected chi connectivity index (χ3v) is 4.68. The Morgan fingerprint density at radius 3 is 2.83 bits per heavy atom. The lowest BCUT2D eigenvalue weighted by Gasteiger charge is -2.18. The van der Waals surface area contributed by atoms with E-state index in [9.17, 15) is 4.79 Å². The van der Waals surface area contributed by atoms with Crippen LogP contribution in [0.5, 0.6) is 11.5 Å². The Kier molecular flexibility index (Phi) is 3.82. The van der Waals surface area contributed by atoms with Crippen LogP contribution in [0.1, 0.15) is 10.6 Å². The fourth-order valence-corrected chi connectivity index (χ4v) is 3.40. The van der Waals surface area contributed by atoms with Crippen LogP contribution in [-0.2, 0) is 6.54 Å². The second-order valence-corrected chi connectivity index (χ2v) is 6.60. The second-order valence-electron chi connectivity index (χ2n) is 5.66. The molecule has 0 bridgehead atoms. The van der Waals surface area contributed by atoms with Crippen molar-refractivity contribution in [2.45, 2.75) is 13.5 Å². The molecular formula is C18H16N2O3S. The molecule has 0 spiro atoms. The van der Waals surface area contributed by atoms with Crippen LogP contribution in [0.25, 0.3) is 11.3 Å². The number of thiazole rings is 1. The number of nitrogens with zero attached hydrogens (tertiary/aromatic N) is 2. The van der Waals surface area contributed by atoms with Gasteiger partial charge >= 0.3 is 0 Å². The molecule has 0 atom stereocenters. The minimum absolute atomic E-state index is 0.00826. The van der Waals surface area contributed by atoms with Crippen LogP contribution in [0, 0.1) is 6.92 Å². The van der Waals surface area contributed by atoms with Crippen molar-refractivity contribution in [1.82, 2.24) is 9.55 Å². The summed E-state index contributed by atoms with van der Waals surface area (Å²) in [4.78, 5) is 16.6. The number of aryl methyl sites for hydroxylation is 1. The molecule has 6 heteroatoms. The highest BCUT2D eigenvalue weighted by atomic mass is 32.1. The van der Waals surface area contributed by atoms with Crippen molar-refractivity contribution >= 4 is 11.3 Å². The van der Waals surface area contributed by atoms with Crippen LogP contribution >= 0.6 is 11.3 Å². The van der Waals surface area contributed by atoms with Crippen LogP contribution in [0.15, 0.2) is 46.7 Å². The van der Waals surface area contributed by atoms with Crippen LogP contribution < -0.4 is 15.0 Å². The predicted octanol–water partition coefficient (Wildman–Crippen LogP) is 3.10. The lowest BCUT2D eigenvalue weighted by Crippen LogP contribution is -2.19. The molecule has 0 N–H and O–H groups in total. The Hall–Kier alpha value is -2.60. The van der Waals surface area contributed by atoms with Gasteiger partial charge in [0.2, 0.25) is 0 Å². The van der Waals surface area contributed by atoms with E-state index >= 15 is 0 Å². The van der Waals surface area contributed by atoms with Gasteiger partial charge in [0.25, 0.3) is 5.56 Å². The molecule has 0 amide bonds. The topological polar surface area (TPSA) is 53.4 Å². The summed E-state index contributed by atoms with van der Waals surface area (Å²) in [5.74, 6) is 1.52. The quantitative estimate of drug-likeness (QED) is 0.735. The van der Waals surface area contributed by atoms with Crippen molar-refractivity contribution in [2.75, 3.05) is 13.2 Å². The van der Waals surface area contributed by atoms with Gasteiger partial charge in [-0.2, -0.15) is 0 Å². The van der Waals surface area contributed by atoms with Gasteiger partial charge in [-0.05, 0) is 36.8 Å². The number of ether oxygens (including phenoxy) is 2. The molecule has 0 radical (unpaired) electrons. The summed E-state index contributed by atoms with van der Waals surface area (Å²) in [6, 6.07) is 9.40. The lowest BCUT2D eigenvalue weighted by atomic mass is 10.1. The van der Waals surface area contributed by atoms with Crippen molar-refractivity contribution in [3.8, 4) is 22.8 Å². The number of hydrogen-bond acceptors (Lipinski definition) is 5. The zero-order valence-electron chi connectivity index (χ0n) is 13.2. The number of rotatable bonds is 3. The molecule has 0 aliphatic carbocycles. The largest absolute Gasteiger partial charge is 0.486 e. The molecule has 0 unspecified atom stereocenters. The molecule has 122 valence electrons. The fraction of sp³-hybridized carbons (Fsp3) is 0.222. The standard InChI is InChI=1S/C18H16N2O3S/c1-12-4-5-20(18(21)8-12)10-17-19-14(11-24-17)13-2-3-15-16(9-13)23-7-6-22-15/h2-5,8-9,11H,6-7,10H2,1H3. The average molecular weight is 340 g/mol. The molecule has 0 fully saturated rings. The summed E-state index contributed by atoms with van der Waals surface area (Å²) < 4.78 is 12.8. The monoisotopic (exact) mass is 340 g/mol. The molecular weight excluding hydrogens is 324 g/mol. The molecule has 5 nitrogen and oxygen atoms in total. The number of aromatic nitrogens is 2. The predicted molar refractivity (Wildman–Crippen MR) is 93.1 cm³/mol. The summed E-state index contributed by atoms with van der Waals surface area (Å²) >= 11 is 1.55. The highest BCUT2D eigenvalue weighted by Crippen LogP contribution is 2.34. The summed E-state index contributed by atoms with van der Waals surface area (Å²) in [6.07, 6.45) is 1.81. The molecule has 0 saturated heterocycles. The van der Waals surface area contributed by atoms with E-state index in [0.29, 0.717) is 19.8 Å². The van der Waals surface area contributed by atoms with Gasteiger partial charge in [-0.3, -0.25) is 4.79 Å². The van der Waals surface area contributed by atoms with Crippen LogP contribution in [0.2, 0.25) is 0 Å². The summed E-state index contributed by atoms with van der Waals surface area (Å²) in [5.41, 5.74) is 2.82. The van der Waals surface area contributed by atoms with E-state index in [2.05, 4.69) is 4.98 Å². The van der Waals surface area contributed by atoms with Crippen molar-refractivity contribution in [1.29, 1.82) is 0 Å². The number of benzene rings is 1. The third-order valence-electron chi connectivity index (χ3n) is 3.85. The van der Waals surface area contributed by atoms with Crippen molar-refractivity contribution < 1.29 is 9.47 Å². The van der Waals surface area contributed by atoms with E-state index in [-0.39, 0.29) is 5.56 Å². The smallest absolute Gasteiger partial charge is 0.251 e. The van der Waals surface area contributed by atoms with Gasteiger partial charge in [-0.25, -0.2) is 4.98 Å². The maximum absolute atomic E-state index is 12.0. The van der Waals surface area contributed by atoms with E-state index in [1.165, 1.54) is 0 Å². The number of hydrogen-bond donors (Lipinski definition) is 0. The summed E-state index contributed by atoms with van der Waals surface area (Å²) in [5, 5.41) is 2.89. The Balaban J connectivity index is 1.59. The average Bonchev–Trinajstić information content (AvgIpc) is 3.06. The molecule has 0 saturated carbocycles. The van der Waals surface area contributed by atoms with Crippen LogP contribution in [0.4, 0.5) is 0 Å². The van der Waals surface area contributed by atoms with Gasteiger partial charge in [0.1, 0.15) is 18.2 Å². The first-order chi connectivity index (χ1) is 11.7. The zero-order valence-corrected chi connectivity index (χ0v) is 14.0. The Morgan fingerprint density at radius 1 is 1.17 bits per heavy atom. The zero-order chi connectivity index (χ0) is 16.5. The lowest BCUT2D eigenvalue weighted by molar-refractivity contribution is 0.171. The van der Waals surface area contributed by atoms with Gasteiger partial charge in [-0.15, -0.1) is 11.3 Å². The van der Waals surface area contributed by atoms with Gasteiger partial charge in [-0.1, -0.05) is 0 Å². The van der Waals surface area contributed by atoms with Crippen molar-refractivity contribution in [2.24, 2.45) is 0 Å². The summed E-state index contributed by atoms with van der Waals surface area (Å²) in [7, 11) is 0.